The molecule has 0 amide bonds. The second-order valence-corrected chi connectivity index (χ2v) is 1.82. The summed E-state index contributed by atoms with van der Waals surface area (Å²) in [5, 5.41) is 6.63. The van der Waals surface area contributed by atoms with Gasteiger partial charge in [-0.05, 0) is 6.42 Å². The van der Waals surface area contributed by atoms with Crippen LogP contribution in [0.15, 0.2) is 12.7 Å². The average molecular weight is 157 g/mol. The Kier molecular flexibility index (Phi) is 4.55. The van der Waals surface area contributed by atoms with Crippen molar-refractivity contribution in [1.82, 2.24) is 5.48 Å². The van der Waals surface area contributed by atoms with Gasteiger partial charge in [-0.15, -0.1) is 6.58 Å². The Morgan fingerprint density at radius 2 is 2.45 bits per heavy atom. The van der Waals surface area contributed by atoms with Crippen LogP contribution in [-0.2, 0) is 9.63 Å². The van der Waals surface area contributed by atoms with Crippen molar-refractivity contribution in [2.75, 3.05) is 0 Å². The second-order valence-electron chi connectivity index (χ2n) is 1.82. The van der Waals surface area contributed by atoms with Crippen LogP contribution in [0.5, 0.6) is 0 Å². The SMILES string of the molecule is C=CCCC(=O)ONC(=N)N. The number of guanidine groups is 1. The molecular weight excluding hydrogens is 146 g/mol. The molecule has 5 nitrogen and oxygen atoms in total. The lowest BCUT2D eigenvalue weighted by Gasteiger charge is -2.02. The zero-order valence-corrected chi connectivity index (χ0v) is 6.09. The third kappa shape index (κ3) is 6.36. The highest BCUT2D eigenvalue weighted by Crippen LogP contribution is 1.90. The van der Waals surface area contributed by atoms with Gasteiger partial charge in [-0.2, -0.15) is 5.48 Å². The van der Waals surface area contributed by atoms with Gasteiger partial charge in [0.25, 0.3) is 0 Å². The number of rotatable bonds is 3. The molecule has 0 atom stereocenters. The summed E-state index contributed by atoms with van der Waals surface area (Å²) in [6.45, 7) is 3.43. The smallest absolute Gasteiger partial charge is 0.332 e. The Hall–Kier alpha value is -1.52. The molecule has 0 rings (SSSR count). The highest BCUT2D eigenvalue weighted by Gasteiger charge is 2.00. The minimum atomic E-state index is -0.458. The van der Waals surface area contributed by atoms with Crippen molar-refractivity contribution in [3.05, 3.63) is 12.7 Å². The third-order valence-electron chi connectivity index (χ3n) is 0.827. The van der Waals surface area contributed by atoms with Crippen LogP contribution in [0.1, 0.15) is 12.8 Å². The standard InChI is InChI=1S/C6H11N3O2/c1-2-3-4-5(10)11-9-6(7)8/h2H,1,3-4H2,(H4,7,8,9). The van der Waals surface area contributed by atoms with Gasteiger partial charge in [0.1, 0.15) is 0 Å². The van der Waals surface area contributed by atoms with E-state index >= 15 is 0 Å². The number of nitrogens with two attached hydrogens (primary N) is 1. The van der Waals surface area contributed by atoms with E-state index < -0.39 is 11.9 Å². The van der Waals surface area contributed by atoms with E-state index in [2.05, 4.69) is 11.4 Å². The zero-order valence-electron chi connectivity index (χ0n) is 6.09. The van der Waals surface area contributed by atoms with Crippen molar-refractivity contribution in [2.24, 2.45) is 5.73 Å². The summed E-state index contributed by atoms with van der Waals surface area (Å²) in [7, 11) is 0. The van der Waals surface area contributed by atoms with Crippen LogP contribution < -0.4 is 11.2 Å². The molecule has 0 unspecified atom stereocenters. The van der Waals surface area contributed by atoms with Crippen molar-refractivity contribution in [3.8, 4) is 0 Å². The third-order valence-corrected chi connectivity index (χ3v) is 0.827. The average Bonchev–Trinajstić information content (AvgIpc) is 1.97. The molecule has 0 aromatic heterocycles. The fourth-order valence-corrected chi connectivity index (χ4v) is 0.383. The van der Waals surface area contributed by atoms with Crippen molar-refractivity contribution in [3.63, 3.8) is 0 Å². The summed E-state index contributed by atoms with van der Waals surface area (Å²) in [4.78, 5) is 14.9. The van der Waals surface area contributed by atoms with E-state index in [1.54, 1.807) is 6.08 Å². The van der Waals surface area contributed by atoms with Crippen LogP contribution in [0.4, 0.5) is 0 Å². The van der Waals surface area contributed by atoms with E-state index in [1.807, 2.05) is 5.48 Å². The first-order valence-corrected chi connectivity index (χ1v) is 3.07. The first-order chi connectivity index (χ1) is 5.16. The van der Waals surface area contributed by atoms with Gasteiger partial charge in [0.2, 0.25) is 5.96 Å². The second kappa shape index (κ2) is 5.28. The van der Waals surface area contributed by atoms with Crippen molar-refractivity contribution in [2.45, 2.75) is 12.8 Å². The molecule has 0 aliphatic heterocycles. The molecule has 0 aromatic rings. The van der Waals surface area contributed by atoms with E-state index in [-0.39, 0.29) is 6.42 Å². The zero-order chi connectivity index (χ0) is 8.69. The van der Waals surface area contributed by atoms with Gasteiger partial charge in [0.15, 0.2) is 0 Å². The first kappa shape index (κ1) is 9.48. The first-order valence-electron chi connectivity index (χ1n) is 3.07. The van der Waals surface area contributed by atoms with Gasteiger partial charge < -0.3 is 10.6 Å². The molecule has 0 aromatic carbocycles. The maximum Gasteiger partial charge on any atom is 0.332 e. The lowest BCUT2D eigenvalue weighted by Crippen LogP contribution is -2.32. The minimum Gasteiger partial charge on any atom is -0.368 e. The Bertz CT molecular complexity index is 167. The summed E-state index contributed by atoms with van der Waals surface area (Å²) in [6, 6.07) is 0. The summed E-state index contributed by atoms with van der Waals surface area (Å²) < 4.78 is 0. The molecule has 0 saturated heterocycles. The van der Waals surface area contributed by atoms with Crippen molar-refractivity contribution >= 4 is 11.9 Å². The summed E-state index contributed by atoms with van der Waals surface area (Å²) in [6.07, 6.45) is 2.40. The maximum absolute atomic E-state index is 10.6. The number of hydrogen-bond donors (Lipinski definition) is 3. The van der Waals surface area contributed by atoms with Crippen molar-refractivity contribution in [1.29, 1.82) is 5.41 Å². The highest BCUT2D eigenvalue weighted by molar-refractivity contribution is 5.76. The van der Waals surface area contributed by atoms with Gasteiger partial charge in [-0.25, -0.2) is 4.79 Å². The number of allylic oxidation sites excluding steroid dienone is 1. The van der Waals surface area contributed by atoms with Gasteiger partial charge >= 0.3 is 5.97 Å². The number of carbonyl (C=O) groups excluding carboxylic acids is 1. The molecule has 0 aliphatic rings. The van der Waals surface area contributed by atoms with Crippen LogP contribution in [0, 0.1) is 5.41 Å². The van der Waals surface area contributed by atoms with E-state index in [4.69, 9.17) is 11.1 Å². The summed E-state index contributed by atoms with van der Waals surface area (Å²) in [5.74, 6) is -0.850. The predicted octanol–water partition coefficient (Wildman–Crippen LogP) is -0.106. The summed E-state index contributed by atoms with van der Waals surface area (Å²) in [5.41, 5.74) is 6.78. The fraction of sp³-hybridized carbons (Fsp3) is 0.333. The minimum absolute atomic E-state index is 0.240. The lowest BCUT2D eigenvalue weighted by atomic mass is 10.3. The molecule has 4 N–H and O–H groups in total. The monoisotopic (exact) mass is 157 g/mol. The van der Waals surface area contributed by atoms with E-state index in [1.165, 1.54) is 0 Å². The molecule has 0 saturated carbocycles. The summed E-state index contributed by atoms with van der Waals surface area (Å²) >= 11 is 0. The molecule has 0 spiro atoms. The maximum atomic E-state index is 10.6. The Morgan fingerprint density at radius 3 is 2.91 bits per heavy atom. The number of hydrogen-bond acceptors (Lipinski definition) is 3. The Morgan fingerprint density at radius 1 is 1.82 bits per heavy atom. The lowest BCUT2D eigenvalue weighted by molar-refractivity contribution is -0.147. The van der Waals surface area contributed by atoms with Crippen LogP contribution in [-0.4, -0.2) is 11.9 Å². The fourth-order valence-electron chi connectivity index (χ4n) is 0.383. The van der Waals surface area contributed by atoms with Gasteiger partial charge in [0.05, 0.1) is 6.42 Å². The largest absolute Gasteiger partial charge is 0.368 e. The molecular formula is C6H11N3O2. The molecule has 0 fully saturated rings. The molecule has 0 bridgehead atoms. The van der Waals surface area contributed by atoms with Crippen LogP contribution in [0.25, 0.3) is 0 Å². The van der Waals surface area contributed by atoms with Gasteiger partial charge in [-0.3, -0.25) is 5.41 Å². The van der Waals surface area contributed by atoms with Crippen LogP contribution in [0.3, 0.4) is 0 Å². The van der Waals surface area contributed by atoms with E-state index in [0.717, 1.165) is 0 Å². The van der Waals surface area contributed by atoms with Crippen molar-refractivity contribution < 1.29 is 9.63 Å². The number of nitrogens with one attached hydrogen (secondary N) is 2. The number of hydroxylamine groups is 1. The van der Waals surface area contributed by atoms with E-state index in [0.29, 0.717) is 6.42 Å². The topological polar surface area (TPSA) is 88.2 Å². The molecule has 0 aliphatic carbocycles. The van der Waals surface area contributed by atoms with Crippen LogP contribution in [0.2, 0.25) is 0 Å². The predicted molar refractivity (Wildman–Crippen MR) is 40.6 cm³/mol. The van der Waals surface area contributed by atoms with Gasteiger partial charge in [0, 0.05) is 0 Å². The Labute approximate surface area is 64.7 Å². The quantitative estimate of drug-likeness (QED) is 0.231. The molecule has 5 heteroatoms. The highest BCUT2D eigenvalue weighted by atomic mass is 16.7. The van der Waals surface area contributed by atoms with Gasteiger partial charge in [-0.1, -0.05) is 6.08 Å². The molecule has 62 valence electrons. The van der Waals surface area contributed by atoms with Crippen LogP contribution >= 0.6 is 0 Å². The normalized spacial score (nSPS) is 8.36. The Balaban J connectivity index is 3.37. The number of carbonyl (C=O) groups is 1. The molecule has 0 radical (unpaired) electrons. The van der Waals surface area contributed by atoms with E-state index in [9.17, 15) is 4.79 Å². The molecule has 11 heavy (non-hydrogen) atoms. The molecule has 0 heterocycles.